The van der Waals surface area contributed by atoms with Gasteiger partial charge in [-0.25, -0.2) is 13.1 Å². The average Bonchev–Trinajstić information content (AvgIpc) is 3.14. The Morgan fingerprint density at radius 3 is 2.34 bits per heavy atom. The van der Waals surface area contributed by atoms with E-state index < -0.39 is 10.0 Å². The molecule has 1 heterocycles. The fourth-order valence-corrected chi connectivity index (χ4v) is 4.16. The van der Waals surface area contributed by atoms with E-state index in [1.165, 1.54) is 0 Å². The van der Waals surface area contributed by atoms with Gasteiger partial charge in [-0.3, -0.25) is 4.68 Å². The lowest BCUT2D eigenvalue weighted by molar-refractivity contribution is 0.0778. The molecule has 0 aliphatic heterocycles. The van der Waals surface area contributed by atoms with Gasteiger partial charge < -0.3 is 4.74 Å². The van der Waals surface area contributed by atoms with Crippen LogP contribution in [-0.2, 0) is 21.3 Å². The largest absolute Gasteiger partial charge is 0.379 e. The van der Waals surface area contributed by atoms with E-state index in [0.717, 1.165) is 11.1 Å². The molecule has 0 atom stereocenters. The molecule has 3 rings (SSSR count). The molecule has 0 spiro atoms. The Bertz CT molecular complexity index is 1000. The van der Waals surface area contributed by atoms with Gasteiger partial charge in [-0.2, -0.15) is 5.10 Å². The minimum Gasteiger partial charge on any atom is -0.379 e. The highest BCUT2D eigenvalue weighted by Crippen LogP contribution is 2.26. The van der Waals surface area contributed by atoms with Gasteiger partial charge in [0.25, 0.3) is 0 Å². The average molecular weight is 414 g/mol. The van der Waals surface area contributed by atoms with Crippen LogP contribution in [0.5, 0.6) is 0 Å². The quantitative estimate of drug-likeness (QED) is 0.515. The van der Waals surface area contributed by atoms with Gasteiger partial charge in [0, 0.05) is 24.9 Å². The summed E-state index contributed by atoms with van der Waals surface area (Å²) in [6.45, 7) is 5.24. The smallest absolute Gasteiger partial charge is 0.244 e. The summed E-state index contributed by atoms with van der Waals surface area (Å²) in [6, 6.07) is 19.2. The fourth-order valence-electron chi connectivity index (χ4n) is 2.92. The number of nitrogens with one attached hydrogen (secondary N) is 1. The van der Waals surface area contributed by atoms with Gasteiger partial charge in [-0.15, -0.1) is 0 Å². The molecule has 0 saturated heterocycles. The van der Waals surface area contributed by atoms with Gasteiger partial charge in [0.1, 0.15) is 10.6 Å². The molecular formula is C22H27N3O3S. The van der Waals surface area contributed by atoms with Crippen molar-refractivity contribution in [3.63, 3.8) is 0 Å². The van der Waals surface area contributed by atoms with Crippen LogP contribution in [0.2, 0.25) is 0 Å². The van der Waals surface area contributed by atoms with Gasteiger partial charge in [-0.1, -0.05) is 60.7 Å². The van der Waals surface area contributed by atoms with E-state index in [1.54, 1.807) is 10.9 Å². The van der Waals surface area contributed by atoms with Crippen molar-refractivity contribution in [3.8, 4) is 11.3 Å². The van der Waals surface area contributed by atoms with Crippen molar-refractivity contribution in [1.29, 1.82) is 0 Å². The lowest BCUT2D eigenvalue weighted by Crippen LogP contribution is -2.26. The SMILES string of the molecule is CC(C)OCCCNS(=O)(=O)c1cn(Cc2ccccc2)nc1-c1ccccc1. The van der Waals surface area contributed by atoms with Crippen LogP contribution in [0.3, 0.4) is 0 Å². The molecule has 0 fully saturated rings. The van der Waals surface area contributed by atoms with Gasteiger partial charge >= 0.3 is 0 Å². The van der Waals surface area contributed by atoms with Crippen molar-refractivity contribution in [2.24, 2.45) is 0 Å². The van der Waals surface area contributed by atoms with Gasteiger partial charge in [0.05, 0.1) is 12.6 Å². The summed E-state index contributed by atoms with van der Waals surface area (Å²) in [5.41, 5.74) is 2.27. The third kappa shape index (κ3) is 6.00. The Labute approximate surface area is 172 Å². The second kappa shape index (κ2) is 9.82. The summed E-state index contributed by atoms with van der Waals surface area (Å²) in [4.78, 5) is 0.185. The molecule has 0 bridgehead atoms. The number of rotatable bonds is 10. The monoisotopic (exact) mass is 413 g/mol. The molecule has 154 valence electrons. The Kier molecular flexibility index (Phi) is 7.19. The first-order chi connectivity index (χ1) is 14.0. The molecule has 0 radical (unpaired) electrons. The fraction of sp³-hybridized carbons (Fsp3) is 0.318. The third-order valence-corrected chi connectivity index (χ3v) is 5.78. The summed E-state index contributed by atoms with van der Waals surface area (Å²) in [5.74, 6) is 0. The highest BCUT2D eigenvalue weighted by molar-refractivity contribution is 7.89. The molecule has 0 unspecified atom stereocenters. The number of aromatic nitrogens is 2. The molecule has 6 nitrogen and oxygen atoms in total. The lowest BCUT2D eigenvalue weighted by Gasteiger charge is -2.09. The number of nitrogens with zero attached hydrogens (tertiary/aromatic N) is 2. The van der Waals surface area contributed by atoms with E-state index in [9.17, 15) is 8.42 Å². The van der Waals surface area contributed by atoms with Crippen LogP contribution in [-0.4, -0.2) is 37.5 Å². The van der Waals surface area contributed by atoms with Crippen molar-refractivity contribution in [2.75, 3.05) is 13.2 Å². The zero-order chi connectivity index (χ0) is 20.7. The van der Waals surface area contributed by atoms with Crippen LogP contribution in [0, 0.1) is 0 Å². The Balaban J connectivity index is 1.83. The van der Waals surface area contributed by atoms with Gasteiger partial charge in [0.15, 0.2) is 0 Å². The third-order valence-electron chi connectivity index (χ3n) is 4.32. The molecule has 7 heteroatoms. The van der Waals surface area contributed by atoms with E-state index >= 15 is 0 Å². The number of ether oxygens (including phenoxy) is 1. The molecular weight excluding hydrogens is 386 g/mol. The molecule has 1 aromatic heterocycles. The second-order valence-electron chi connectivity index (χ2n) is 7.06. The van der Waals surface area contributed by atoms with Crippen LogP contribution in [0.25, 0.3) is 11.3 Å². The van der Waals surface area contributed by atoms with Crippen LogP contribution in [0.4, 0.5) is 0 Å². The zero-order valence-corrected chi connectivity index (χ0v) is 17.6. The van der Waals surface area contributed by atoms with E-state index in [0.29, 0.717) is 31.8 Å². The number of hydrogen-bond donors (Lipinski definition) is 1. The van der Waals surface area contributed by atoms with Gasteiger partial charge in [0.2, 0.25) is 10.0 Å². The molecule has 1 N–H and O–H groups in total. The Morgan fingerprint density at radius 1 is 1.03 bits per heavy atom. The number of benzene rings is 2. The second-order valence-corrected chi connectivity index (χ2v) is 8.80. The normalized spacial score (nSPS) is 11.8. The number of hydrogen-bond acceptors (Lipinski definition) is 4. The van der Waals surface area contributed by atoms with E-state index in [1.807, 2.05) is 74.5 Å². The summed E-state index contributed by atoms with van der Waals surface area (Å²) in [6.07, 6.45) is 2.34. The molecule has 0 aliphatic carbocycles. The first-order valence-electron chi connectivity index (χ1n) is 9.74. The van der Waals surface area contributed by atoms with E-state index in [2.05, 4.69) is 9.82 Å². The minimum atomic E-state index is -3.70. The molecule has 2 aromatic carbocycles. The summed E-state index contributed by atoms with van der Waals surface area (Å²) in [7, 11) is -3.70. The van der Waals surface area contributed by atoms with Crippen LogP contribution < -0.4 is 4.72 Å². The van der Waals surface area contributed by atoms with E-state index in [-0.39, 0.29) is 11.0 Å². The van der Waals surface area contributed by atoms with Crippen LogP contribution >= 0.6 is 0 Å². The standard InChI is InChI=1S/C22H27N3O3S/c1-18(2)28-15-9-14-23-29(26,27)21-17-25(16-19-10-5-3-6-11-19)24-22(21)20-12-7-4-8-13-20/h3-8,10-13,17-18,23H,9,14-16H2,1-2H3. The zero-order valence-electron chi connectivity index (χ0n) is 16.8. The first kappa shape index (κ1) is 21.2. The molecule has 0 amide bonds. The minimum absolute atomic E-state index is 0.132. The first-order valence-corrected chi connectivity index (χ1v) is 11.2. The maximum Gasteiger partial charge on any atom is 0.244 e. The molecule has 29 heavy (non-hydrogen) atoms. The summed E-state index contributed by atoms with van der Waals surface area (Å²) >= 11 is 0. The highest BCUT2D eigenvalue weighted by Gasteiger charge is 2.23. The predicted molar refractivity (Wildman–Crippen MR) is 114 cm³/mol. The van der Waals surface area contributed by atoms with Gasteiger partial charge in [-0.05, 0) is 25.8 Å². The van der Waals surface area contributed by atoms with Crippen molar-refractivity contribution >= 4 is 10.0 Å². The Hall–Kier alpha value is -2.48. The highest BCUT2D eigenvalue weighted by atomic mass is 32.2. The van der Waals surface area contributed by atoms with Crippen molar-refractivity contribution in [2.45, 2.75) is 37.8 Å². The maximum atomic E-state index is 13.0. The topological polar surface area (TPSA) is 73.2 Å². The van der Waals surface area contributed by atoms with Crippen molar-refractivity contribution in [3.05, 3.63) is 72.4 Å². The summed E-state index contributed by atoms with van der Waals surface area (Å²) < 4.78 is 35.8. The Morgan fingerprint density at radius 2 is 1.69 bits per heavy atom. The molecule has 0 aliphatic rings. The van der Waals surface area contributed by atoms with Crippen molar-refractivity contribution < 1.29 is 13.2 Å². The lowest BCUT2D eigenvalue weighted by atomic mass is 10.2. The predicted octanol–water partition coefficient (Wildman–Crippen LogP) is 3.69. The maximum absolute atomic E-state index is 13.0. The van der Waals surface area contributed by atoms with Crippen LogP contribution in [0.15, 0.2) is 71.8 Å². The van der Waals surface area contributed by atoms with Crippen molar-refractivity contribution in [1.82, 2.24) is 14.5 Å². The molecule has 3 aromatic rings. The molecule has 0 saturated carbocycles. The summed E-state index contributed by atoms with van der Waals surface area (Å²) in [5, 5.41) is 4.58. The van der Waals surface area contributed by atoms with Crippen LogP contribution in [0.1, 0.15) is 25.8 Å². The van der Waals surface area contributed by atoms with E-state index in [4.69, 9.17) is 4.74 Å². The number of sulfonamides is 1.